The van der Waals surface area contributed by atoms with Gasteiger partial charge in [0, 0.05) is 20.3 Å². The predicted octanol–water partition coefficient (Wildman–Crippen LogP) is 3.21. The normalized spacial score (nSPS) is 12.4. The summed E-state index contributed by atoms with van der Waals surface area (Å²) in [6.07, 6.45) is 2.21. The second kappa shape index (κ2) is 9.82. The third-order valence-corrected chi connectivity index (χ3v) is 3.31. The summed E-state index contributed by atoms with van der Waals surface area (Å²) in [5, 5.41) is 3.32. The standard InChI is InChI=1S/C16H27NO2/c1-4-14(2)15-6-8-16(9-7-15)19-13-11-17-10-5-12-18-3/h6-9,14,17H,4-5,10-13H2,1-3H3/t14-/m0/s1. The molecule has 0 fully saturated rings. The van der Waals surface area contributed by atoms with Gasteiger partial charge in [0.2, 0.25) is 0 Å². The fourth-order valence-electron chi connectivity index (χ4n) is 1.84. The Morgan fingerprint density at radius 3 is 2.47 bits per heavy atom. The number of methoxy groups -OCH3 is 1. The largest absolute Gasteiger partial charge is 0.492 e. The van der Waals surface area contributed by atoms with Crippen LogP contribution in [0.2, 0.25) is 0 Å². The number of rotatable bonds is 10. The van der Waals surface area contributed by atoms with Crippen LogP contribution in [0.1, 0.15) is 38.2 Å². The molecular weight excluding hydrogens is 238 g/mol. The van der Waals surface area contributed by atoms with E-state index in [1.165, 1.54) is 12.0 Å². The lowest BCUT2D eigenvalue weighted by molar-refractivity contribution is 0.193. The van der Waals surface area contributed by atoms with Crippen LogP contribution in [0.3, 0.4) is 0 Å². The molecule has 108 valence electrons. The van der Waals surface area contributed by atoms with Crippen LogP contribution in [0.25, 0.3) is 0 Å². The van der Waals surface area contributed by atoms with Crippen molar-refractivity contribution in [2.45, 2.75) is 32.6 Å². The Balaban J connectivity index is 2.16. The minimum atomic E-state index is 0.622. The highest BCUT2D eigenvalue weighted by Crippen LogP contribution is 2.21. The molecule has 3 heteroatoms. The Labute approximate surface area is 117 Å². The van der Waals surface area contributed by atoms with Crippen molar-refractivity contribution < 1.29 is 9.47 Å². The fraction of sp³-hybridized carbons (Fsp3) is 0.625. The maximum absolute atomic E-state index is 5.69. The van der Waals surface area contributed by atoms with Gasteiger partial charge in [-0.05, 0) is 43.0 Å². The lowest BCUT2D eigenvalue weighted by Gasteiger charge is -2.11. The van der Waals surface area contributed by atoms with E-state index >= 15 is 0 Å². The molecule has 0 saturated heterocycles. The zero-order chi connectivity index (χ0) is 13.9. The lowest BCUT2D eigenvalue weighted by atomic mass is 9.99. The van der Waals surface area contributed by atoms with Gasteiger partial charge in [0.15, 0.2) is 0 Å². The molecule has 1 aromatic carbocycles. The molecule has 0 amide bonds. The van der Waals surface area contributed by atoms with Crippen molar-refractivity contribution >= 4 is 0 Å². The van der Waals surface area contributed by atoms with Crippen LogP contribution in [-0.4, -0.2) is 33.4 Å². The van der Waals surface area contributed by atoms with Crippen molar-refractivity contribution in [3.05, 3.63) is 29.8 Å². The highest BCUT2D eigenvalue weighted by atomic mass is 16.5. The van der Waals surface area contributed by atoms with E-state index < -0.39 is 0 Å². The molecular formula is C16H27NO2. The Morgan fingerprint density at radius 1 is 1.11 bits per heavy atom. The summed E-state index contributed by atoms with van der Waals surface area (Å²) in [6.45, 7) is 7.83. The molecule has 0 spiro atoms. The van der Waals surface area contributed by atoms with E-state index in [2.05, 4.69) is 43.4 Å². The van der Waals surface area contributed by atoms with Gasteiger partial charge in [0.05, 0.1) is 0 Å². The third-order valence-electron chi connectivity index (χ3n) is 3.31. The van der Waals surface area contributed by atoms with E-state index in [1.807, 2.05) is 0 Å². The number of hydrogen-bond acceptors (Lipinski definition) is 3. The van der Waals surface area contributed by atoms with Crippen molar-refractivity contribution in [1.82, 2.24) is 5.32 Å². The first-order valence-corrected chi connectivity index (χ1v) is 7.20. The third kappa shape index (κ3) is 6.60. The molecule has 0 unspecified atom stereocenters. The van der Waals surface area contributed by atoms with Gasteiger partial charge in [-0.25, -0.2) is 0 Å². The molecule has 0 aliphatic carbocycles. The van der Waals surface area contributed by atoms with Crippen molar-refractivity contribution in [3.63, 3.8) is 0 Å². The molecule has 1 N–H and O–H groups in total. The molecule has 0 bridgehead atoms. The Kier molecular flexibility index (Phi) is 8.26. The maximum atomic E-state index is 5.69. The van der Waals surface area contributed by atoms with Crippen LogP contribution < -0.4 is 10.1 Å². The molecule has 19 heavy (non-hydrogen) atoms. The van der Waals surface area contributed by atoms with Crippen LogP contribution in [0.15, 0.2) is 24.3 Å². The minimum absolute atomic E-state index is 0.622. The van der Waals surface area contributed by atoms with Crippen molar-refractivity contribution in [2.24, 2.45) is 0 Å². The van der Waals surface area contributed by atoms with Gasteiger partial charge in [-0.3, -0.25) is 0 Å². The summed E-state index contributed by atoms with van der Waals surface area (Å²) in [5.74, 6) is 1.57. The van der Waals surface area contributed by atoms with Crippen LogP contribution in [0, 0.1) is 0 Å². The van der Waals surface area contributed by atoms with Crippen molar-refractivity contribution in [2.75, 3.05) is 33.4 Å². The molecule has 0 heterocycles. The van der Waals surface area contributed by atoms with Gasteiger partial charge in [-0.2, -0.15) is 0 Å². The summed E-state index contributed by atoms with van der Waals surface area (Å²) < 4.78 is 10.7. The average molecular weight is 265 g/mol. The SMILES string of the molecule is CC[C@H](C)c1ccc(OCCNCCCOC)cc1. The molecule has 0 aliphatic rings. The maximum Gasteiger partial charge on any atom is 0.119 e. The first-order chi connectivity index (χ1) is 9.27. The lowest BCUT2D eigenvalue weighted by Crippen LogP contribution is -2.22. The van der Waals surface area contributed by atoms with Gasteiger partial charge >= 0.3 is 0 Å². The van der Waals surface area contributed by atoms with E-state index in [0.29, 0.717) is 12.5 Å². The monoisotopic (exact) mass is 265 g/mol. The number of ether oxygens (including phenoxy) is 2. The highest BCUT2D eigenvalue weighted by Gasteiger charge is 2.02. The average Bonchev–Trinajstić information content (AvgIpc) is 2.46. The van der Waals surface area contributed by atoms with Crippen LogP contribution >= 0.6 is 0 Å². The van der Waals surface area contributed by atoms with Crippen LogP contribution in [0.4, 0.5) is 0 Å². The van der Waals surface area contributed by atoms with E-state index in [9.17, 15) is 0 Å². The Bertz CT molecular complexity index is 324. The zero-order valence-electron chi connectivity index (χ0n) is 12.4. The first-order valence-electron chi connectivity index (χ1n) is 7.20. The van der Waals surface area contributed by atoms with E-state index in [0.717, 1.165) is 31.9 Å². The Morgan fingerprint density at radius 2 is 1.84 bits per heavy atom. The molecule has 1 atom stereocenters. The summed E-state index contributed by atoms with van der Waals surface area (Å²) >= 11 is 0. The second-order valence-electron chi connectivity index (χ2n) is 4.82. The summed E-state index contributed by atoms with van der Waals surface area (Å²) in [4.78, 5) is 0. The molecule has 1 aromatic rings. The van der Waals surface area contributed by atoms with E-state index in [1.54, 1.807) is 7.11 Å². The number of hydrogen-bond donors (Lipinski definition) is 1. The molecule has 3 nitrogen and oxygen atoms in total. The number of benzene rings is 1. The molecule has 0 saturated carbocycles. The fourth-order valence-corrected chi connectivity index (χ4v) is 1.84. The van der Waals surface area contributed by atoms with E-state index in [4.69, 9.17) is 9.47 Å². The van der Waals surface area contributed by atoms with Gasteiger partial charge in [0.1, 0.15) is 12.4 Å². The zero-order valence-corrected chi connectivity index (χ0v) is 12.4. The van der Waals surface area contributed by atoms with Crippen LogP contribution in [0.5, 0.6) is 5.75 Å². The van der Waals surface area contributed by atoms with Gasteiger partial charge in [-0.1, -0.05) is 26.0 Å². The highest BCUT2D eigenvalue weighted by molar-refractivity contribution is 5.29. The summed E-state index contributed by atoms with van der Waals surface area (Å²) in [7, 11) is 1.73. The Hall–Kier alpha value is -1.06. The van der Waals surface area contributed by atoms with Gasteiger partial charge in [-0.15, -0.1) is 0 Å². The summed E-state index contributed by atoms with van der Waals surface area (Å²) in [5.41, 5.74) is 1.38. The van der Waals surface area contributed by atoms with Gasteiger partial charge in [0.25, 0.3) is 0 Å². The minimum Gasteiger partial charge on any atom is -0.492 e. The predicted molar refractivity (Wildman–Crippen MR) is 80.0 cm³/mol. The quantitative estimate of drug-likeness (QED) is 0.659. The summed E-state index contributed by atoms with van der Waals surface area (Å²) in [6, 6.07) is 8.45. The first kappa shape index (κ1) is 16.0. The van der Waals surface area contributed by atoms with Crippen LogP contribution in [-0.2, 0) is 4.74 Å². The molecule has 0 radical (unpaired) electrons. The molecule has 0 aliphatic heterocycles. The molecule has 0 aromatic heterocycles. The smallest absolute Gasteiger partial charge is 0.119 e. The van der Waals surface area contributed by atoms with Crippen molar-refractivity contribution in [1.29, 1.82) is 0 Å². The molecule has 1 rings (SSSR count). The number of nitrogens with one attached hydrogen (secondary N) is 1. The topological polar surface area (TPSA) is 30.5 Å². The van der Waals surface area contributed by atoms with Crippen molar-refractivity contribution in [3.8, 4) is 5.75 Å². The van der Waals surface area contributed by atoms with Gasteiger partial charge < -0.3 is 14.8 Å². The second-order valence-corrected chi connectivity index (χ2v) is 4.82. The van der Waals surface area contributed by atoms with E-state index in [-0.39, 0.29) is 0 Å².